The van der Waals surface area contributed by atoms with Crippen molar-refractivity contribution in [2.75, 3.05) is 39.3 Å². The van der Waals surface area contributed by atoms with Crippen LogP contribution >= 0.6 is 11.6 Å². The highest BCUT2D eigenvalue weighted by atomic mass is 35.5. The second-order valence-corrected chi connectivity index (χ2v) is 17.8. The van der Waals surface area contributed by atoms with E-state index in [0.717, 1.165) is 29.8 Å². The zero-order valence-electron chi connectivity index (χ0n) is 32.6. The summed E-state index contributed by atoms with van der Waals surface area (Å²) < 4.78 is 105. The van der Waals surface area contributed by atoms with Crippen LogP contribution in [0.15, 0.2) is 78.2 Å². The number of alkyl halides is 3. The van der Waals surface area contributed by atoms with Crippen LogP contribution in [0.2, 0.25) is 5.02 Å². The molecule has 0 bridgehead atoms. The number of amides is 2. The molecule has 3 aromatic carbocycles. The van der Waals surface area contributed by atoms with E-state index in [2.05, 4.69) is 20.9 Å². The molecule has 2 aliphatic rings. The summed E-state index contributed by atoms with van der Waals surface area (Å²) in [6.45, 7) is 11.2. The molecule has 2 saturated heterocycles. The van der Waals surface area contributed by atoms with E-state index in [1.54, 1.807) is 42.7 Å². The number of hydrogen-bond donors (Lipinski definition) is 1. The third-order valence-corrected chi connectivity index (χ3v) is 12.5. The molecule has 0 aliphatic carbocycles. The number of rotatable bonds is 13. The maximum Gasteiger partial charge on any atom is 0.573 e. The van der Waals surface area contributed by atoms with Crippen molar-refractivity contribution in [1.29, 1.82) is 0 Å². The number of ether oxygens (including phenoxy) is 2. The van der Waals surface area contributed by atoms with Crippen LogP contribution < -0.4 is 9.46 Å². The van der Waals surface area contributed by atoms with Gasteiger partial charge in [-0.05, 0) is 112 Å². The van der Waals surface area contributed by atoms with Crippen LogP contribution in [0.25, 0.3) is 0 Å². The fourth-order valence-corrected chi connectivity index (χ4v) is 9.26. The van der Waals surface area contributed by atoms with Crippen molar-refractivity contribution in [3.8, 4) is 5.75 Å². The molecule has 10 nitrogen and oxygen atoms in total. The van der Waals surface area contributed by atoms with Gasteiger partial charge in [0.15, 0.2) is 0 Å². The minimum Gasteiger partial charge on any atom is -0.445 e. The Bertz CT molecular complexity index is 2050. The number of piperidine rings is 2. The first-order chi connectivity index (χ1) is 27.2. The Kier molecular flexibility index (Phi) is 14.2. The van der Waals surface area contributed by atoms with E-state index in [1.807, 2.05) is 6.07 Å². The molecule has 1 N–H and O–H groups in total. The lowest BCUT2D eigenvalue weighted by Gasteiger charge is -2.44. The van der Waals surface area contributed by atoms with Gasteiger partial charge in [-0.1, -0.05) is 41.9 Å². The Morgan fingerprint density at radius 1 is 1.00 bits per heavy atom. The van der Waals surface area contributed by atoms with Gasteiger partial charge in [-0.15, -0.1) is 19.8 Å². The summed E-state index contributed by atoms with van der Waals surface area (Å²) in [4.78, 5) is 31.7. The van der Waals surface area contributed by atoms with Crippen molar-refractivity contribution in [2.45, 2.75) is 87.7 Å². The van der Waals surface area contributed by atoms with E-state index in [-0.39, 0.29) is 54.4 Å². The molecule has 2 aliphatic heterocycles. The first kappa shape index (κ1) is 44.8. The highest BCUT2D eigenvalue weighted by molar-refractivity contribution is 7.89. The van der Waals surface area contributed by atoms with Crippen LogP contribution in [0.5, 0.6) is 5.75 Å². The van der Waals surface area contributed by atoms with E-state index in [9.17, 15) is 40.0 Å². The number of sulfonamides is 1. The zero-order valence-corrected chi connectivity index (χ0v) is 34.2. The van der Waals surface area contributed by atoms with E-state index in [0.29, 0.717) is 57.3 Å². The summed E-state index contributed by atoms with van der Waals surface area (Å²) in [6.07, 6.45) is -0.893. The fourth-order valence-electron chi connectivity index (χ4n) is 7.52. The summed E-state index contributed by atoms with van der Waals surface area (Å²) in [6, 6.07) is 13.2. The lowest BCUT2D eigenvalue weighted by Crippen LogP contribution is -2.49. The summed E-state index contributed by atoms with van der Waals surface area (Å²) in [7, 11) is -4.32. The van der Waals surface area contributed by atoms with Crippen LogP contribution in [-0.2, 0) is 26.8 Å². The van der Waals surface area contributed by atoms with Crippen LogP contribution in [0.1, 0.15) is 74.4 Å². The van der Waals surface area contributed by atoms with Gasteiger partial charge in [0.05, 0.1) is 10.6 Å². The first-order valence-electron chi connectivity index (χ1n) is 18.9. The standard InChI is InChI=1S/C41H48ClF5N4O6S/c1-5-18-51(38(53)56-27-28-9-11-32(12-10-28)57-41(45,46)47)31-13-19-49(20-14-31)21-15-40(29-7-6-8-30(43)24-29)16-22-50(23-17-40)37(52)33-25-36(35(44)26-34(33)42)58(54,55)48-39(2,3)4/h5-12,24-26,31,48H,1,13-23,27H2,2-4H3. The molecule has 17 heteroatoms. The number of nitrogens with one attached hydrogen (secondary N) is 1. The van der Waals surface area contributed by atoms with Gasteiger partial charge in [-0.25, -0.2) is 26.7 Å². The van der Waals surface area contributed by atoms with E-state index in [4.69, 9.17) is 16.3 Å². The lowest BCUT2D eigenvalue weighted by molar-refractivity contribution is -0.274. The number of carbonyl (C=O) groups is 2. The molecule has 3 aromatic rings. The average molecular weight is 855 g/mol. The first-order valence-corrected chi connectivity index (χ1v) is 20.7. The summed E-state index contributed by atoms with van der Waals surface area (Å²) in [5.41, 5.74) is -0.241. The van der Waals surface area contributed by atoms with Crippen LogP contribution in [0, 0.1) is 11.6 Å². The summed E-state index contributed by atoms with van der Waals surface area (Å²) in [5, 5.41) is -0.212. The van der Waals surface area contributed by atoms with Gasteiger partial charge in [0.25, 0.3) is 5.91 Å². The van der Waals surface area contributed by atoms with Crippen molar-refractivity contribution < 1.29 is 49.4 Å². The van der Waals surface area contributed by atoms with Crippen LogP contribution in [0.4, 0.5) is 26.7 Å². The van der Waals surface area contributed by atoms with Gasteiger partial charge in [0.2, 0.25) is 10.0 Å². The molecule has 0 atom stereocenters. The Morgan fingerprint density at radius 3 is 2.24 bits per heavy atom. The van der Waals surface area contributed by atoms with Gasteiger partial charge < -0.3 is 24.2 Å². The summed E-state index contributed by atoms with van der Waals surface area (Å²) in [5.74, 6) is -2.38. The van der Waals surface area contributed by atoms with Crippen molar-refractivity contribution in [2.24, 2.45) is 0 Å². The van der Waals surface area contributed by atoms with Gasteiger partial charge in [-0.3, -0.25) is 4.79 Å². The van der Waals surface area contributed by atoms with Crippen molar-refractivity contribution >= 4 is 33.6 Å². The predicted molar refractivity (Wildman–Crippen MR) is 209 cm³/mol. The Labute approximate surface area is 341 Å². The van der Waals surface area contributed by atoms with Gasteiger partial charge in [0, 0.05) is 44.3 Å². The normalized spacial score (nSPS) is 16.8. The Balaban J connectivity index is 1.21. The van der Waals surface area contributed by atoms with E-state index in [1.165, 1.54) is 24.3 Å². The molecule has 2 amide bonds. The number of hydrogen-bond acceptors (Lipinski definition) is 7. The zero-order chi connectivity index (χ0) is 42.5. The quantitative estimate of drug-likeness (QED) is 0.136. The molecule has 2 fully saturated rings. The number of carbonyl (C=O) groups excluding carboxylic acids is 2. The Hall–Kier alpha value is -4.25. The number of nitrogens with zero attached hydrogens (tertiary/aromatic N) is 3. The minimum atomic E-state index is -4.81. The molecule has 0 unspecified atom stereocenters. The number of benzene rings is 3. The predicted octanol–water partition coefficient (Wildman–Crippen LogP) is 8.45. The molecule has 0 saturated carbocycles. The van der Waals surface area contributed by atoms with Crippen molar-refractivity contribution in [3.63, 3.8) is 0 Å². The van der Waals surface area contributed by atoms with Gasteiger partial charge in [-0.2, -0.15) is 0 Å². The maximum absolute atomic E-state index is 14.9. The van der Waals surface area contributed by atoms with Crippen LogP contribution in [-0.4, -0.2) is 92.3 Å². The minimum absolute atomic E-state index is 0.138. The lowest BCUT2D eigenvalue weighted by atomic mass is 9.70. The average Bonchev–Trinajstić information content (AvgIpc) is 3.14. The molecular formula is C41H48ClF5N4O6S. The van der Waals surface area contributed by atoms with Gasteiger partial charge in [0.1, 0.15) is 28.9 Å². The van der Waals surface area contributed by atoms with Gasteiger partial charge >= 0.3 is 12.5 Å². The largest absolute Gasteiger partial charge is 0.573 e. The van der Waals surface area contributed by atoms with Crippen molar-refractivity contribution in [3.05, 3.63) is 107 Å². The second-order valence-electron chi connectivity index (χ2n) is 15.7. The fraction of sp³-hybridized carbons (Fsp3) is 0.463. The number of likely N-dealkylation sites (tertiary alicyclic amines) is 2. The third-order valence-electron chi connectivity index (χ3n) is 10.4. The monoisotopic (exact) mass is 854 g/mol. The van der Waals surface area contributed by atoms with Crippen LogP contribution in [0.3, 0.4) is 0 Å². The molecule has 0 aromatic heterocycles. The summed E-state index contributed by atoms with van der Waals surface area (Å²) >= 11 is 6.31. The smallest absolute Gasteiger partial charge is 0.445 e. The third kappa shape index (κ3) is 11.7. The Morgan fingerprint density at radius 2 is 1.66 bits per heavy atom. The topological polar surface area (TPSA) is 108 Å². The number of halogens is 6. The maximum atomic E-state index is 14.9. The van der Waals surface area contributed by atoms with Crippen molar-refractivity contribution in [1.82, 2.24) is 19.4 Å². The van der Waals surface area contributed by atoms with E-state index < -0.39 is 50.1 Å². The van der Waals surface area contributed by atoms with E-state index >= 15 is 0 Å². The molecular weight excluding hydrogens is 807 g/mol. The molecule has 58 heavy (non-hydrogen) atoms. The highest BCUT2D eigenvalue weighted by Gasteiger charge is 2.40. The molecule has 2 heterocycles. The molecule has 316 valence electrons. The SMILES string of the molecule is C=CCN(C(=O)OCc1ccc(OC(F)(F)F)cc1)C1CCN(CCC2(c3cccc(F)c3)CCN(C(=O)c3cc(S(=O)(=O)NC(C)(C)C)c(F)cc3Cl)CC2)CC1. The highest BCUT2D eigenvalue weighted by Crippen LogP contribution is 2.40. The molecule has 0 radical (unpaired) electrons. The molecule has 0 spiro atoms. The molecule has 5 rings (SSSR count). The second kappa shape index (κ2) is 18.3.